The molecule has 2 aliphatic heterocycles. The van der Waals surface area contributed by atoms with Crippen LogP contribution in [0.25, 0.3) is 5.57 Å². The molecule has 0 radical (unpaired) electrons. The van der Waals surface area contributed by atoms with Gasteiger partial charge < -0.3 is 15.0 Å². The molecule has 0 saturated carbocycles. The van der Waals surface area contributed by atoms with Gasteiger partial charge in [0.1, 0.15) is 0 Å². The van der Waals surface area contributed by atoms with Crippen LogP contribution in [0.4, 0.5) is 5.69 Å². The summed E-state index contributed by atoms with van der Waals surface area (Å²) in [6.07, 6.45) is 0.682. The first kappa shape index (κ1) is 32.7. The molecule has 1 unspecified atom stereocenters. The van der Waals surface area contributed by atoms with Gasteiger partial charge in [-0.2, -0.15) is 4.80 Å². The molecule has 0 spiro atoms. The molecule has 1 saturated heterocycles. The van der Waals surface area contributed by atoms with Gasteiger partial charge in [-0.05, 0) is 42.2 Å². The molecule has 0 amide bonds. The third kappa shape index (κ3) is 7.19. The smallest absolute Gasteiger partial charge is 0.336 e. The number of aromatic nitrogens is 4. The molecule has 1 N–H and O–H groups in total. The summed E-state index contributed by atoms with van der Waals surface area (Å²) in [4.78, 5) is 31.3. The second kappa shape index (κ2) is 14.7. The number of ether oxygens (including phenoxy) is 1. The Bertz CT molecular complexity index is 1770. The predicted molar refractivity (Wildman–Crippen MR) is 181 cm³/mol. The topological polar surface area (TPSA) is 132 Å². The van der Waals surface area contributed by atoms with Crippen molar-refractivity contribution in [3.8, 4) is 0 Å². The van der Waals surface area contributed by atoms with E-state index in [-0.39, 0.29) is 18.3 Å². The lowest BCUT2D eigenvalue weighted by Gasteiger charge is -2.39. The Labute approximate surface area is 279 Å². The maximum atomic E-state index is 13.8. The predicted octanol–water partition coefficient (Wildman–Crippen LogP) is 4.85. The van der Waals surface area contributed by atoms with E-state index in [0.29, 0.717) is 34.7 Å². The van der Waals surface area contributed by atoms with E-state index in [9.17, 15) is 14.9 Å². The summed E-state index contributed by atoms with van der Waals surface area (Å²) in [7, 11) is 1.66. The number of nitrogens with one attached hydrogen (secondary N) is 1. The minimum Gasteiger partial charge on any atom is -0.462 e. The molecule has 12 nitrogen and oxygen atoms in total. The van der Waals surface area contributed by atoms with Crippen molar-refractivity contribution < 1.29 is 14.5 Å². The number of dihydropyridines is 1. The van der Waals surface area contributed by atoms with E-state index in [1.54, 1.807) is 19.2 Å². The van der Waals surface area contributed by atoms with Crippen molar-refractivity contribution in [2.75, 3.05) is 39.3 Å². The Morgan fingerprint density at radius 2 is 1.62 bits per heavy atom. The molecule has 4 aromatic rings. The van der Waals surface area contributed by atoms with Crippen LogP contribution < -0.4 is 5.32 Å². The highest BCUT2D eigenvalue weighted by Crippen LogP contribution is 2.43. The van der Waals surface area contributed by atoms with Gasteiger partial charge in [0.2, 0.25) is 5.82 Å². The minimum absolute atomic E-state index is 0.0699. The van der Waals surface area contributed by atoms with Crippen molar-refractivity contribution in [1.82, 2.24) is 35.3 Å². The van der Waals surface area contributed by atoms with E-state index < -0.39 is 16.8 Å². The van der Waals surface area contributed by atoms with Crippen LogP contribution in [0.1, 0.15) is 54.7 Å². The van der Waals surface area contributed by atoms with Crippen LogP contribution >= 0.6 is 0 Å². The van der Waals surface area contributed by atoms with Crippen LogP contribution in [0.5, 0.6) is 0 Å². The normalized spacial score (nSPS) is 17.5. The number of nitrogens with zero attached hydrogens (tertiary/aromatic N) is 7. The summed E-state index contributed by atoms with van der Waals surface area (Å²) in [6.45, 7) is 8.43. The van der Waals surface area contributed by atoms with Gasteiger partial charge in [-0.25, -0.2) is 4.79 Å². The molecule has 48 heavy (non-hydrogen) atoms. The second-order valence-electron chi connectivity index (χ2n) is 12.2. The molecular weight excluding hydrogens is 608 g/mol. The average Bonchev–Trinajstić information content (AvgIpc) is 3.53. The summed E-state index contributed by atoms with van der Waals surface area (Å²) >= 11 is 0. The minimum atomic E-state index is -0.682. The van der Waals surface area contributed by atoms with E-state index in [1.807, 2.05) is 13.8 Å². The number of tetrazole rings is 1. The van der Waals surface area contributed by atoms with Crippen molar-refractivity contribution >= 4 is 17.2 Å². The largest absolute Gasteiger partial charge is 0.462 e. The Morgan fingerprint density at radius 1 is 0.958 bits per heavy atom. The van der Waals surface area contributed by atoms with Crippen molar-refractivity contribution in [1.29, 1.82) is 0 Å². The molecule has 1 aromatic heterocycles. The van der Waals surface area contributed by atoms with Crippen LogP contribution in [-0.2, 0) is 16.6 Å². The fraction of sp³-hybridized carbons (Fsp3) is 0.333. The van der Waals surface area contributed by atoms with Crippen molar-refractivity contribution in [2.45, 2.75) is 32.2 Å². The molecule has 0 aliphatic carbocycles. The van der Waals surface area contributed by atoms with Gasteiger partial charge in [0.25, 0.3) is 5.69 Å². The number of allylic oxidation sites excluding steroid dienone is 3. The summed E-state index contributed by atoms with van der Waals surface area (Å²) in [5.41, 5.74) is 5.41. The zero-order valence-corrected chi connectivity index (χ0v) is 27.5. The fourth-order valence-corrected chi connectivity index (χ4v) is 6.76. The second-order valence-corrected chi connectivity index (χ2v) is 12.2. The number of rotatable bonds is 11. The fourth-order valence-electron chi connectivity index (χ4n) is 6.76. The molecular formula is C36H40N8O4. The summed E-state index contributed by atoms with van der Waals surface area (Å²) < 4.78 is 5.88. The molecule has 3 heterocycles. The van der Waals surface area contributed by atoms with Gasteiger partial charge in [-0.1, -0.05) is 72.8 Å². The third-order valence-corrected chi connectivity index (χ3v) is 9.00. The Morgan fingerprint density at radius 3 is 2.23 bits per heavy atom. The zero-order chi connectivity index (χ0) is 33.6. The van der Waals surface area contributed by atoms with Crippen LogP contribution in [-0.4, -0.2) is 80.2 Å². The van der Waals surface area contributed by atoms with Gasteiger partial charge in [0.05, 0.1) is 30.2 Å². The Kier molecular flexibility index (Phi) is 10.0. The number of piperazine rings is 1. The number of aryl methyl sites for hydroxylation is 1. The van der Waals surface area contributed by atoms with Crippen molar-refractivity contribution in [2.24, 2.45) is 7.05 Å². The quantitative estimate of drug-likeness (QED) is 0.104. The number of carbonyl (C=O) groups excluding carboxylic acids is 1. The van der Waals surface area contributed by atoms with Gasteiger partial charge >= 0.3 is 5.97 Å². The third-order valence-electron chi connectivity index (χ3n) is 9.00. The van der Waals surface area contributed by atoms with Crippen molar-refractivity contribution in [3.63, 3.8) is 0 Å². The summed E-state index contributed by atoms with van der Waals surface area (Å²) in [5, 5.41) is 27.5. The molecule has 1 atom stereocenters. The summed E-state index contributed by atoms with van der Waals surface area (Å²) in [6, 6.07) is 27.8. The zero-order valence-electron chi connectivity index (χ0n) is 27.5. The highest BCUT2D eigenvalue weighted by atomic mass is 16.6. The Hall–Kier alpha value is -5.20. The van der Waals surface area contributed by atoms with Crippen molar-refractivity contribution in [3.05, 3.63) is 135 Å². The SMILES string of the molecule is CC1=C(C(=O)OCCCN2CCN(C(c3ccccc3)c3ccccc3)CC2)C(c2cccc([N+](=O)[O-])c2)C(c2nnn(C)n2)=C(C)N1. The maximum Gasteiger partial charge on any atom is 0.336 e. The van der Waals surface area contributed by atoms with Gasteiger partial charge in [-0.3, -0.25) is 15.0 Å². The highest BCUT2D eigenvalue weighted by molar-refractivity contribution is 5.97. The summed E-state index contributed by atoms with van der Waals surface area (Å²) in [5.74, 6) is -0.834. The highest BCUT2D eigenvalue weighted by Gasteiger charge is 2.37. The Balaban J connectivity index is 1.10. The molecule has 3 aromatic carbocycles. The molecule has 6 rings (SSSR count). The maximum absolute atomic E-state index is 13.8. The van der Waals surface area contributed by atoms with Gasteiger partial charge in [0.15, 0.2) is 0 Å². The average molecular weight is 649 g/mol. The molecule has 1 fully saturated rings. The first-order chi connectivity index (χ1) is 23.3. The first-order valence-electron chi connectivity index (χ1n) is 16.2. The lowest BCUT2D eigenvalue weighted by Crippen LogP contribution is -2.48. The number of carbonyl (C=O) groups is 1. The van der Waals surface area contributed by atoms with E-state index in [4.69, 9.17) is 4.74 Å². The number of nitro benzene ring substituents is 1. The lowest BCUT2D eigenvalue weighted by molar-refractivity contribution is -0.384. The lowest BCUT2D eigenvalue weighted by atomic mass is 9.80. The standard InChI is InChI=1S/C36H40N8O4/c1-25-31(35-38-40-41(3)39-35)33(29-16-10-17-30(24-29)44(46)47)32(26(2)37-25)36(45)48-23-11-18-42-19-21-43(22-20-42)34(27-12-6-4-7-13-27)28-14-8-5-9-15-28/h4-10,12-17,24,33-34,37H,11,18-23H2,1-3H3. The van der Waals surface area contributed by atoms with E-state index in [1.165, 1.54) is 28.1 Å². The van der Waals surface area contributed by atoms with E-state index in [2.05, 4.69) is 91.2 Å². The number of hydrogen-bond donors (Lipinski definition) is 1. The number of esters is 1. The molecule has 248 valence electrons. The van der Waals surface area contributed by atoms with E-state index in [0.717, 1.165) is 38.4 Å². The van der Waals surface area contributed by atoms with Gasteiger partial charge in [0, 0.05) is 67.7 Å². The number of nitro groups is 1. The van der Waals surface area contributed by atoms with E-state index >= 15 is 0 Å². The van der Waals surface area contributed by atoms with Crippen LogP contribution in [0, 0.1) is 10.1 Å². The monoisotopic (exact) mass is 648 g/mol. The first-order valence-corrected chi connectivity index (χ1v) is 16.2. The molecule has 12 heteroatoms. The van der Waals surface area contributed by atoms with Crippen LogP contribution in [0.15, 0.2) is 102 Å². The van der Waals surface area contributed by atoms with Crippen LogP contribution in [0.3, 0.4) is 0 Å². The number of benzene rings is 3. The van der Waals surface area contributed by atoms with Gasteiger partial charge in [-0.15, -0.1) is 10.2 Å². The van der Waals surface area contributed by atoms with Crippen LogP contribution in [0.2, 0.25) is 0 Å². The molecule has 2 aliphatic rings. The molecule has 0 bridgehead atoms. The number of hydrogen-bond acceptors (Lipinski definition) is 10. The number of non-ortho nitro benzene ring substituents is 1.